The number of hydrogen-bond donors (Lipinski definition) is 0. The molecular weight excluding hydrogens is 346 g/mol. The average molecular weight is 371 g/mol. The zero-order valence-electron chi connectivity index (χ0n) is 16.8. The van der Waals surface area contributed by atoms with Crippen molar-refractivity contribution < 1.29 is 4.42 Å². The second-order valence-corrected chi connectivity index (χ2v) is 8.02. The number of aromatic nitrogens is 1. The Morgan fingerprint density at radius 2 is 1.79 bits per heavy atom. The standard InChI is InChI=1S/C24H25N3O/c1-15(2)27-17(4)14-26(20-9-5-6-10-21(20)27)22-16(3)11-12-18-19-8-7-13-25-24(19)28-23(18)22/h5-13,15,17H,14H2,1-4H3/t17-/m0/s1. The van der Waals surface area contributed by atoms with Gasteiger partial charge >= 0.3 is 0 Å². The number of rotatable bonds is 2. The number of aryl methyl sites for hydroxylation is 1. The molecule has 142 valence electrons. The number of pyridine rings is 1. The lowest BCUT2D eigenvalue weighted by Gasteiger charge is -2.45. The van der Waals surface area contributed by atoms with Crippen LogP contribution in [-0.4, -0.2) is 23.6 Å². The highest BCUT2D eigenvalue weighted by molar-refractivity contribution is 6.09. The smallest absolute Gasteiger partial charge is 0.227 e. The molecule has 2 aromatic heterocycles. The lowest BCUT2D eigenvalue weighted by Crippen LogP contribution is -2.49. The van der Waals surface area contributed by atoms with Gasteiger partial charge < -0.3 is 14.2 Å². The van der Waals surface area contributed by atoms with Gasteiger partial charge in [-0.1, -0.05) is 24.3 Å². The second kappa shape index (κ2) is 6.26. The quantitative estimate of drug-likeness (QED) is 0.430. The Balaban J connectivity index is 1.78. The van der Waals surface area contributed by atoms with Gasteiger partial charge in [0.1, 0.15) is 0 Å². The fourth-order valence-corrected chi connectivity index (χ4v) is 4.69. The molecular formula is C24H25N3O. The third-order valence-electron chi connectivity index (χ3n) is 5.79. The van der Waals surface area contributed by atoms with Crippen molar-refractivity contribution in [2.75, 3.05) is 16.3 Å². The Labute approximate surface area is 165 Å². The molecule has 0 amide bonds. The molecule has 0 fully saturated rings. The predicted octanol–water partition coefficient (Wildman–Crippen LogP) is 6.04. The van der Waals surface area contributed by atoms with Crippen molar-refractivity contribution in [3.05, 3.63) is 60.3 Å². The first-order chi connectivity index (χ1) is 13.6. The number of para-hydroxylation sites is 2. The van der Waals surface area contributed by atoms with Gasteiger partial charge in [0.05, 0.1) is 17.1 Å². The Hall–Kier alpha value is -3.01. The Morgan fingerprint density at radius 1 is 1.00 bits per heavy atom. The number of benzene rings is 2. The summed E-state index contributed by atoms with van der Waals surface area (Å²) in [5.41, 5.74) is 6.50. The number of nitrogens with zero attached hydrogens (tertiary/aromatic N) is 3. The van der Waals surface area contributed by atoms with Gasteiger partial charge in [-0.25, -0.2) is 4.98 Å². The van der Waals surface area contributed by atoms with Crippen LogP contribution in [0.4, 0.5) is 17.1 Å². The van der Waals surface area contributed by atoms with Crippen LogP contribution in [0, 0.1) is 6.92 Å². The van der Waals surface area contributed by atoms with Gasteiger partial charge in [0.2, 0.25) is 5.71 Å². The second-order valence-electron chi connectivity index (χ2n) is 8.02. The summed E-state index contributed by atoms with van der Waals surface area (Å²) in [6.07, 6.45) is 1.79. The highest BCUT2D eigenvalue weighted by Crippen LogP contribution is 2.45. The summed E-state index contributed by atoms with van der Waals surface area (Å²) >= 11 is 0. The lowest BCUT2D eigenvalue weighted by molar-refractivity contribution is 0.559. The van der Waals surface area contributed by atoms with Gasteiger partial charge in [0.15, 0.2) is 5.58 Å². The first-order valence-electron chi connectivity index (χ1n) is 9.98. The van der Waals surface area contributed by atoms with Crippen LogP contribution in [0.1, 0.15) is 26.3 Å². The maximum atomic E-state index is 6.28. The van der Waals surface area contributed by atoms with Crippen LogP contribution in [0.2, 0.25) is 0 Å². The van der Waals surface area contributed by atoms with Crippen LogP contribution in [0.5, 0.6) is 0 Å². The van der Waals surface area contributed by atoms with Crippen molar-refractivity contribution in [1.29, 1.82) is 0 Å². The molecule has 4 aromatic rings. The zero-order valence-corrected chi connectivity index (χ0v) is 16.8. The molecule has 0 saturated heterocycles. The summed E-state index contributed by atoms with van der Waals surface area (Å²) in [6, 6.07) is 17.9. The first-order valence-corrected chi connectivity index (χ1v) is 9.98. The maximum Gasteiger partial charge on any atom is 0.227 e. The summed E-state index contributed by atoms with van der Waals surface area (Å²) < 4.78 is 6.28. The van der Waals surface area contributed by atoms with E-state index in [4.69, 9.17) is 4.42 Å². The summed E-state index contributed by atoms with van der Waals surface area (Å²) in [6.45, 7) is 9.91. The molecule has 1 aliphatic heterocycles. The van der Waals surface area contributed by atoms with Crippen LogP contribution >= 0.6 is 0 Å². The number of furan rings is 1. The molecule has 4 nitrogen and oxygen atoms in total. The molecule has 5 rings (SSSR count). The Morgan fingerprint density at radius 3 is 2.57 bits per heavy atom. The zero-order chi connectivity index (χ0) is 19.4. The van der Waals surface area contributed by atoms with E-state index in [2.05, 4.69) is 84.9 Å². The highest BCUT2D eigenvalue weighted by atomic mass is 16.3. The third-order valence-corrected chi connectivity index (χ3v) is 5.79. The molecule has 0 aliphatic carbocycles. The third kappa shape index (κ3) is 2.40. The van der Waals surface area contributed by atoms with E-state index in [9.17, 15) is 0 Å². The normalized spacial score (nSPS) is 17.0. The minimum Gasteiger partial charge on any atom is -0.435 e. The van der Waals surface area contributed by atoms with E-state index in [0.717, 1.165) is 28.6 Å². The van der Waals surface area contributed by atoms with Crippen molar-refractivity contribution in [2.24, 2.45) is 0 Å². The van der Waals surface area contributed by atoms with E-state index in [1.807, 2.05) is 6.07 Å². The summed E-state index contributed by atoms with van der Waals surface area (Å²) in [5, 5.41) is 2.20. The van der Waals surface area contributed by atoms with Crippen molar-refractivity contribution >= 4 is 39.1 Å². The molecule has 2 aromatic carbocycles. The molecule has 0 unspecified atom stereocenters. The SMILES string of the molecule is Cc1ccc2c(oc3ncccc32)c1N1C[C@H](C)N(C(C)C)c2ccccc21. The van der Waals surface area contributed by atoms with Gasteiger partial charge in [0.25, 0.3) is 0 Å². The predicted molar refractivity (Wildman–Crippen MR) is 117 cm³/mol. The van der Waals surface area contributed by atoms with Crippen LogP contribution in [0.25, 0.3) is 22.1 Å². The molecule has 0 N–H and O–H groups in total. The summed E-state index contributed by atoms with van der Waals surface area (Å²) in [4.78, 5) is 9.38. The van der Waals surface area contributed by atoms with Crippen molar-refractivity contribution in [3.63, 3.8) is 0 Å². The first kappa shape index (κ1) is 17.1. The molecule has 1 atom stereocenters. The maximum absolute atomic E-state index is 6.28. The largest absolute Gasteiger partial charge is 0.435 e. The monoisotopic (exact) mass is 371 g/mol. The van der Waals surface area contributed by atoms with Crippen LogP contribution in [0.3, 0.4) is 0 Å². The molecule has 0 spiro atoms. The molecule has 0 bridgehead atoms. The van der Waals surface area contributed by atoms with Crippen molar-refractivity contribution in [3.8, 4) is 0 Å². The summed E-state index contributed by atoms with van der Waals surface area (Å²) in [5.74, 6) is 0. The number of fused-ring (bicyclic) bond motifs is 4. The van der Waals surface area contributed by atoms with E-state index in [-0.39, 0.29) is 0 Å². The molecule has 0 saturated carbocycles. The molecule has 28 heavy (non-hydrogen) atoms. The Kier molecular flexibility index (Phi) is 3.83. The molecule has 1 aliphatic rings. The van der Waals surface area contributed by atoms with Crippen LogP contribution in [0.15, 0.2) is 59.1 Å². The van der Waals surface area contributed by atoms with Crippen molar-refractivity contribution in [2.45, 2.75) is 39.8 Å². The Bertz CT molecular complexity index is 1180. The number of hydrogen-bond acceptors (Lipinski definition) is 4. The number of anilines is 3. The summed E-state index contributed by atoms with van der Waals surface area (Å²) in [7, 11) is 0. The average Bonchev–Trinajstić information content (AvgIpc) is 3.05. The fourth-order valence-electron chi connectivity index (χ4n) is 4.69. The molecule has 0 radical (unpaired) electrons. The topological polar surface area (TPSA) is 32.5 Å². The van der Waals surface area contributed by atoms with Crippen LogP contribution < -0.4 is 9.80 Å². The van der Waals surface area contributed by atoms with Crippen LogP contribution in [-0.2, 0) is 0 Å². The molecule has 4 heteroatoms. The van der Waals surface area contributed by atoms with E-state index in [1.165, 1.54) is 16.9 Å². The van der Waals surface area contributed by atoms with E-state index in [1.54, 1.807) is 6.20 Å². The molecule has 3 heterocycles. The van der Waals surface area contributed by atoms with Gasteiger partial charge in [0, 0.05) is 35.6 Å². The highest BCUT2D eigenvalue weighted by Gasteiger charge is 2.32. The van der Waals surface area contributed by atoms with Gasteiger partial charge in [-0.2, -0.15) is 0 Å². The van der Waals surface area contributed by atoms with Crippen molar-refractivity contribution in [1.82, 2.24) is 4.98 Å². The van der Waals surface area contributed by atoms with E-state index >= 15 is 0 Å². The van der Waals surface area contributed by atoms with Gasteiger partial charge in [-0.05, 0) is 57.5 Å². The van der Waals surface area contributed by atoms with E-state index < -0.39 is 0 Å². The minimum atomic E-state index is 0.395. The minimum absolute atomic E-state index is 0.395. The fraction of sp³-hybridized carbons (Fsp3) is 0.292. The lowest BCUT2D eigenvalue weighted by atomic mass is 10.0. The van der Waals surface area contributed by atoms with Gasteiger partial charge in [-0.15, -0.1) is 0 Å². The van der Waals surface area contributed by atoms with Gasteiger partial charge in [-0.3, -0.25) is 0 Å². The van der Waals surface area contributed by atoms with E-state index in [0.29, 0.717) is 17.8 Å².